The Kier molecular flexibility index (Phi) is 6.21. The topological polar surface area (TPSA) is 99.2 Å². The molecule has 2 aromatic heterocycles. The maximum absolute atomic E-state index is 12.6. The highest BCUT2D eigenvalue weighted by atomic mass is 16.5. The van der Waals surface area contributed by atoms with Crippen LogP contribution in [0.2, 0.25) is 0 Å². The van der Waals surface area contributed by atoms with Gasteiger partial charge in [0, 0.05) is 24.7 Å². The number of aromatic nitrogens is 3. The maximum Gasteiger partial charge on any atom is 0.278 e. The predicted molar refractivity (Wildman–Crippen MR) is 103 cm³/mol. The van der Waals surface area contributed by atoms with E-state index in [2.05, 4.69) is 15.4 Å². The van der Waals surface area contributed by atoms with Crippen LogP contribution in [0, 0.1) is 0 Å². The van der Waals surface area contributed by atoms with Gasteiger partial charge < -0.3 is 19.3 Å². The number of methoxy groups -OCH3 is 1. The van der Waals surface area contributed by atoms with E-state index in [4.69, 9.17) is 9.15 Å². The number of benzene rings is 1. The molecule has 0 bridgehead atoms. The summed E-state index contributed by atoms with van der Waals surface area (Å²) in [6, 6.07) is 7.18. The van der Waals surface area contributed by atoms with E-state index in [1.165, 1.54) is 6.39 Å². The number of nitrogens with zero attached hydrogens (tertiary/aromatic N) is 3. The highest BCUT2D eigenvalue weighted by Crippen LogP contribution is 2.26. The molecular formula is C20H22N4O4. The van der Waals surface area contributed by atoms with Gasteiger partial charge >= 0.3 is 0 Å². The van der Waals surface area contributed by atoms with E-state index >= 15 is 0 Å². The highest BCUT2D eigenvalue weighted by Gasteiger charge is 2.19. The lowest BCUT2D eigenvalue weighted by Crippen LogP contribution is -2.13. The Hall–Kier alpha value is -3.42. The number of unbranched alkanes of at least 4 members (excludes halogenated alkanes) is 1. The van der Waals surface area contributed by atoms with Crippen molar-refractivity contribution in [2.24, 2.45) is 0 Å². The van der Waals surface area contributed by atoms with Crippen LogP contribution in [0.1, 0.15) is 36.7 Å². The molecular weight excluding hydrogens is 360 g/mol. The Labute approximate surface area is 162 Å². The number of ketones is 1. The van der Waals surface area contributed by atoms with Crippen LogP contribution < -0.4 is 10.1 Å². The van der Waals surface area contributed by atoms with E-state index in [0.717, 1.165) is 18.4 Å². The minimum absolute atomic E-state index is 0.189. The van der Waals surface area contributed by atoms with Crippen molar-refractivity contribution in [2.75, 3.05) is 12.4 Å². The molecule has 3 rings (SSSR count). The fraction of sp³-hybridized carbons (Fsp3) is 0.300. The third-order valence-corrected chi connectivity index (χ3v) is 4.19. The van der Waals surface area contributed by atoms with Crippen LogP contribution in [0.3, 0.4) is 0 Å². The number of carbonyl (C=O) groups is 2. The first-order valence-electron chi connectivity index (χ1n) is 8.98. The Morgan fingerprint density at radius 2 is 2.00 bits per heavy atom. The van der Waals surface area contributed by atoms with Crippen LogP contribution in [0.4, 0.5) is 5.69 Å². The van der Waals surface area contributed by atoms with Crippen LogP contribution in [-0.4, -0.2) is 33.6 Å². The number of ether oxygens (including phenoxy) is 1. The van der Waals surface area contributed by atoms with Crippen molar-refractivity contribution in [3.05, 3.63) is 48.7 Å². The predicted octanol–water partition coefficient (Wildman–Crippen LogP) is 3.56. The normalized spacial score (nSPS) is 10.6. The largest absolute Gasteiger partial charge is 0.497 e. The molecule has 0 unspecified atom stereocenters. The number of hydrogen-bond donors (Lipinski definition) is 1. The first-order chi connectivity index (χ1) is 13.6. The Bertz CT molecular complexity index is 943. The molecule has 8 nitrogen and oxygen atoms in total. The molecule has 0 aliphatic carbocycles. The minimum Gasteiger partial charge on any atom is -0.497 e. The Morgan fingerprint density at radius 3 is 2.71 bits per heavy atom. The van der Waals surface area contributed by atoms with Crippen molar-refractivity contribution in [1.29, 1.82) is 0 Å². The summed E-state index contributed by atoms with van der Waals surface area (Å²) in [5.74, 6) is 0.908. The molecule has 0 saturated heterocycles. The number of Topliss-reactive ketones (excluding diaryl/α,β-unsaturated/α-hetero) is 1. The molecule has 1 N–H and O–H groups in total. The van der Waals surface area contributed by atoms with E-state index in [0.29, 0.717) is 30.2 Å². The average Bonchev–Trinajstić information content (AvgIpc) is 3.35. The van der Waals surface area contributed by atoms with Crippen molar-refractivity contribution < 1.29 is 18.7 Å². The van der Waals surface area contributed by atoms with E-state index in [9.17, 15) is 9.59 Å². The second-order valence-corrected chi connectivity index (χ2v) is 6.36. The van der Waals surface area contributed by atoms with Crippen LogP contribution in [0.5, 0.6) is 5.75 Å². The maximum atomic E-state index is 12.6. The lowest BCUT2D eigenvalue weighted by atomic mass is 10.1. The standard InChI is InChI=1S/C20H22N4O4/c1-14(25)5-3-4-10-24-12-16(11-22-24)23-20(26)18-19(28-13-21-18)15-6-8-17(27-2)9-7-15/h6-9,11-13H,3-5,10H2,1-2H3,(H,23,26). The molecule has 0 aliphatic rings. The fourth-order valence-electron chi connectivity index (χ4n) is 2.74. The first kappa shape index (κ1) is 19.3. The summed E-state index contributed by atoms with van der Waals surface area (Å²) in [5, 5.41) is 7.01. The van der Waals surface area contributed by atoms with E-state index in [1.807, 2.05) is 0 Å². The summed E-state index contributed by atoms with van der Waals surface area (Å²) in [4.78, 5) is 27.6. The van der Waals surface area contributed by atoms with Gasteiger partial charge in [0.05, 0.1) is 19.0 Å². The fourth-order valence-corrected chi connectivity index (χ4v) is 2.74. The molecule has 0 saturated carbocycles. The molecule has 0 radical (unpaired) electrons. The monoisotopic (exact) mass is 382 g/mol. The van der Waals surface area contributed by atoms with Crippen LogP contribution >= 0.6 is 0 Å². The van der Waals surface area contributed by atoms with Crippen LogP contribution in [0.25, 0.3) is 11.3 Å². The van der Waals surface area contributed by atoms with Crippen molar-refractivity contribution in [3.63, 3.8) is 0 Å². The van der Waals surface area contributed by atoms with Gasteiger partial charge in [0.15, 0.2) is 17.8 Å². The van der Waals surface area contributed by atoms with Gasteiger partial charge in [-0.15, -0.1) is 0 Å². The molecule has 2 heterocycles. The van der Waals surface area contributed by atoms with Crippen molar-refractivity contribution in [1.82, 2.24) is 14.8 Å². The molecule has 0 spiro atoms. The molecule has 1 amide bonds. The van der Waals surface area contributed by atoms with Crippen molar-refractivity contribution in [3.8, 4) is 17.1 Å². The number of carbonyl (C=O) groups excluding carboxylic acids is 2. The van der Waals surface area contributed by atoms with Gasteiger partial charge in [0.1, 0.15) is 11.5 Å². The number of rotatable bonds is 9. The summed E-state index contributed by atoms with van der Waals surface area (Å²) >= 11 is 0. The van der Waals surface area contributed by atoms with Gasteiger partial charge in [0.2, 0.25) is 0 Å². The molecule has 146 valence electrons. The SMILES string of the molecule is COc1ccc(-c2ocnc2C(=O)Nc2cnn(CCCCC(C)=O)c2)cc1. The van der Waals surface area contributed by atoms with Crippen molar-refractivity contribution >= 4 is 17.4 Å². The number of anilines is 1. The quantitative estimate of drug-likeness (QED) is 0.568. The van der Waals surface area contributed by atoms with E-state index in [1.54, 1.807) is 55.4 Å². The highest BCUT2D eigenvalue weighted by molar-refractivity contribution is 6.06. The number of oxazole rings is 1. The second kappa shape index (κ2) is 8.98. The van der Waals surface area contributed by atoms with Gasteiger partial charge in [-0.3, -0.25) is 9.48 Å². The Balaban J connectivity index is 1.63. The lowest BCUT2D eigenvalue weighted by molar-refractivity contribution is -0.117. The number of amides is 1. The van der Waals surface area contributed by atoms with Gasteiger partial charge in [-0.2, -0.15) is 5.10 Å². The van der Waals surface area contributed by atoms with Crippen molar-refractivity contribution in [2.45, 2.75) is 32.7 Å². The zero-order valence-corrected chi connectivity index (χ0v) is 15.8. The number of aryl methyl sites for hydroxylation is 1. The number of nitrogens with one attached hydrogen (secondary N) is 1. The molecule has 0 atom stereocenters. The molecule has 8 heteroatoms. The van der Waals surface area contributed by atoms with Gasteiger partial charge in [-0.1, -0.05) is 0 Å². The van der Waals surface area contributed by atoms with Crippen LogP contribution in [0.15, 0.2) is 47.5 Å². The second-order valence-electron chi connectivity index (χ2n) is 6.36. The Morgan fingerprint density at radius 1 is 1.21 bits per heavy atom. The third-order valence-electron chi connectivity index (χ3n) is 4.19. The number of hydrogen-bond acceptors (Lipinski definition) is 6. The molecule has 0 aliphatic heterocycles. The minimum atomic E-state index is -0.379. The summed E-state index contributed by atoms with van der Waals surface area (Å²) in [7, 11) is 1.59. The third kappa shape index (κ3) is 4.85. The molecule has 3 aromatic rings. The molecule has 28 heavy (non-hydrogen) atoms. The summed E-state index contributed by atoms with van der Waals surface area (Å²) in [5.41, 5.74) is 1.49. The summed E-state index contributed by atoms with van der Waals surface area (Å²) < 4.78 is 12.3. The van der Waals surface area contributed by atoms with Gasteiger partial charge in [0.25, 0.3) is 5.91 Å². The summed E-state index contributed by atoms with van der Waals surface area (Å²) in [6.07, 6.45) is 6.81. The molecule has 1 aromatic carbocycles. The summed E-state index contributed by atoms with van der Waals surface area (Å²) in [6.45, 7) is 2.27. The van der Waals surface area contributed by atoms with Gasteiger partial charge in [-0.25, -0.2) is 4.98 Å². The zero-order valence-electron chi connectivity index (χ0n) is 15.8. The smallest absolute Gasteiger partial charge is 0.278 e. The van der Waals surface area contributed by atoms with E-state index in [-0.39, 0.29) is 17.4 Å². The van der Waals surface area contributed by atoms with Crippen LogP contribution in [-0.2, 0) is 11.3 Å². The van der Waals surface area contributed by atoms with E-state index < -0.39 is 0 Å². The molecule has 0 fully saturated rings. The zero-order chi connectivity index (χ0) is 19.9. The average molecular weight is 382 g/mol. The first-order valence-corrected chi connectivity index (χ1v) is 8.98. The lowest BCUT2D eigenvalue weighted by Gasteiger charge is -2.04. The van der Waals surface area contributed by atoms with Gasteiger partial charge in [-0.05, 0) is 44.0 Å².